The maximum Gasteiger partial charge on any atom is 2.00 e. The van der Waals surface area contributed by atoms with Gasteiger partial charge in [-0.2, -0.15) is 0 Å². The fraction of sp³-hybridized carbons (Fsp3) is 0.500. The fourth-order valence-electron chi connectivity index (χ4n) is 0. The van der Waals surface area contributed by atoms with E-state index in [1.165, 1.54) is 0 Å². The Labute approximate surface area is 146 Å². The average Bonchev–Trinajstić information content (AvgIpc) is 2.40. The minimum absolute atomic E-state index is 0. The van der Waals surface area contributed by atoms with Gasteiger partial charge in [0.15, 0.2) is 0 Å². The van der Waals surface area contributed by atoms with Crippen molar-refractivity contribution in [2.45, 2.75) is 0 Å². The first-order chi connectivity index (χ1) is 9.08. The van der Waals surface area contributed by atoms with E-state index in [2.05, 4.69) is 22.9 Å². The molecular weight excluding hydrogens is 394 g/mol. The molecule has 0 fully saturated rings. The van der Waals surface area contributed by atoms with E-state index in [1.54, 1.807) is 0 Å². The second-order valence-corrected chi connectivity index (χ2v) is 2.30. The maximum absolute atomic E-state index is 9.13. The Morgan fingerprint density at radius 2 is 0.591 bits per heavy atom. The summed E-state index contributed by atoms with van der Waals surface area (Å²) in [6, 6.07) is 0. The molecular formula is C8H16MnN4NiO8. The number of carbonyl (C=O) groups excluding carboxylic acids is 4. The Bertz CT molecular complexity index is 239. The summed E-state index contributed by atoms with van der Waals surface area (Å²) < 4.78 is 0. The standard InChI is InChI=1S/4C2H5NO2.Mn.Ni/c4*3-1-2(4)5;;/h4*1,3H2,(H,4,5);;/q;;;;2*+2/p-4. The zero-order valence-corrected chi connectivity index (χ0v) is 13.3. The first-order valence-corrected chi connectivity index (χ1v) is 4.68. The molecule has 0 aromatic carbocycles. The van der Waals surface area contributed by atoms with Gasteiger partial charge in [-0.25, -0.2) is 0 Å². The van der Waals surface area contributed by atoms with Gasteiger partial charge in [-0.3, -0.25) is 0 Å². The van der Waals surface area contributed by atoms with Gasteiger partial charge in [-0.1, -0.05) is 0 Å². The number of hydrogen-bond acceptors (Lipinski definition) is 12. The van der Waals surface area contributed by atoms with E-state index in [9.17, 15) is 0 Å². The molecule has 0 saturated heterocycles. The number of carboxylic acids is 4. The van der Waals surface area contributed by atoms with Crippen LogP contribution in [0.25, 0.3) is 0 Å². The number of nitrogens with two attached hydrogens (primary N) is 4. The molecule has 12 nitrogen and oxygen atoms in total. The van der Waals surface area contributed by atoms with Crippen molar-refractivity contribution in [3.63, 3.8) is 0 Å². The zero-order valence-electron chi connectivity index (χ0n) is 11.1. The van der Waals surface area contributed by atoms with Crippen molar-refractivity contribution >= 4 is 23.9 Å². The molecule has 133 valence electrons. The van der Waals surface area contributed by atoms with E-state index >= 15 is 0 Å². The van der Waals surface area contributed by atoms with Crippen molar-refractivity contribution in [3.8, 4) is 0 Å². The van der Waals surface area contributed by atoms with Crippen LogP contribution >= 0.6 is 0 Å². The van der Waals surface area contributed by atoms with Gasteiger partial charge in [0.25, 0.3) is 0 Å². The van der Waals surface area contributed by atoms with E-state index in [0.717, 1.165) is 0 Å². The molecule has 0 saturated carbocycles. The van der Waals surface area contributed by atoms with E-state index < -0.39 is 23.9 Å². The first-order valence-electron chi connectivity index (χ1n) is 4.68. The van der Waals surface area contributed by atoms with Crippen molar-refractivity contribution in [1.82, 2.24) is 0 Å². The van der Waals surface area contributed by atoms with Crippen LogP contribution in [0.15, 0.2) is 0 Å². The van der Waals surface area contributed by atoms with Crippen molar-refractivity contribution in [2.75, 3.05) is 26.2 Å². The molecule has 0 spiro atoms. The smallest absolute Gasteiger partial charge is 0.549 e. The van der Waals surface area contributed by atoms with Crippen LogP contribution in [0.3, 0.4) is 0 Å². The molecule has 22 heavy (non-hydrogen) atoms. The van der Waals surface area contributed by atoms with Crippen LogP contribution in [0.4, 0.5) is 0 Å². The Morgan fingerprint density at radius 3 is 0.591 bits per heavy atom. The van der Waals surface area contributed by atoms with Gasteiger partial charge < -0.3 is 62.5 Å². The Hall–Kier alpha value is -1.27. The summed E-state index contributed by atoms with van der Waals surface area (Å²) in [7, 11) is 0. The van der Waals surface area contributed by atoms with Crippen molar-refractivity contribution in [3.05, 3.63) is 0 Å². The van der Waals surface area contributed by atoms with E-state index in [4.69, 9.17) is 39.6 Å². The number of rotatable bonds is 4. The Kier molecular flexibility index (Phi) is 53.9. The molecule has 0 aliphatic rings. The van der Waals surface area contributed by atoms with Crippen LogP contribution < -0.4 is 43.4 Å². The van der Waals surface area contributed by atoms with Crippen LogP contribution in [0, 0.1) is 0 Å². The first kappa shape index (κ1) is 37.2. The largest absolute Gasteiger partial charge is 2.00 e. The second-order valence-electron chi connectivity index (χ2n) is 2.30. The molecule has 0 aromatic rings. The van der Waals surface area contributed by atoms with Gasteiger partial charge in [-0.15, -0.1) is 0 Å². The topological polar surface area (TPSA) is 265 Å². The molecule has 0 amide bonds. The Morgan fingerprint density at radius 1 is 0.545 bits per heavy atom. The monoisotopic (exact) mass is 409 g/mol. The summed E-state index contributed by atoms with van der Waals surface area (Å²) in [4.78, 5) is 36.5. The molecule has 1 radical (unpaired) electrons. The molecule has 8 N–H and O–H groups in total. The van der Waals surface area contributed by atoms with Gasteiger partial charge in [0, 0.05) is 26.2 Å². The van der Waals surface area contributed by atoms with Crippen LogP contribution in [-0.2, 0) is 52.7 Å². The maximum atomic E-state index is 9.13. The average molecular weight is 410 g/mol. The van der Waals surface area contributed by atoms with Crippen LogP contribution in [0.5, 0.6) is 0 Å². The number of carboxylic acid groups (broad SMARTS) is 4. The number of aliphatic carboxylic acids is 4. The zero-order chi connectivity index (χ0) is 17.1. The SMILES string of the molecule is NCC(=O)[O-].NCC(=O)[O-].NCC(=O)[O-].NCC(=O)[O-].[Mn+2].[Ni+2]. The Balaban J connectivity index is -0.0000000376. The number of hydrogen-bond donors (Lipinski definition) is 4. The van der Waals surface area contributed by atoms with Gasteiger partial charge >= 0.3 is 33.6 Å². The molecule has 0 atom stereocenters. The molecule has 14 heteroatoms. The van der Waals surface area contributed by atoms with E-state index in [1.807, 2.05) is 0 Å². The summed E-state index contributed by atoms with van der Waals surface area (Å²) in [5.74, 6) is -4.87. The van der Waals surface area contributed by atoms with Gasteiger partial charge in [0.1, 0.15) is 0 Å². The summed E-state index contributed by atoms with van der Waals surface area (Å²) in [6.07, 6.45) is 0. The molecule has 0 bridgehead atoms. The molecule has 0 aliphatic heterocycles. The van der Waals surface area contributed by atoms with Crippen LogP contribution in [0.1, 0.15) is 0 Å². The quantitative estimate of drug-likeness (QED) is 0.315. The summed E-state index contributed by atoms with van der Waals surface area (Å²) in [6.45, 7) is -1.56. The summed E-state index contributed by atoms with van der Waals surface area (Å²) in [5.41, 5.74) is 18.0. The van der Waals surface area contributed by atoms with E-state index in [0.29, 0.717) is 0 Å². The van der Waals surface area contributed by atoms with Crippen molar-refractivity contribution in [1.29, 1.82) is 0 Å². The van der Waals surface area contributed by atoms with Gasteiger partial charge in [0.05, 0.1) is 23.9 Å². The third kappa shape index (κ3) is 130. The molecule has 0 heterocycles. The van der Waals surface area contributed by atoms with E-state index in [-0.39, 0.29) is 59.7 Å². The van der Waals surface area contributed by atoms with Crippen LogP contribution in [-0.4, -0.2) is 50.1 Å². The predicted octanol–water partition coefficient (Wildman–Crippen LogP) is -9.23. The van der Waals surface area contributed by atoms with Gasteiger partial charge in [-0.05, 0) is 0 Å². The molecule has 0 rings (SSSR count). The molecule has 0 unspecified atom stereocenters. The third-order valence-corrected chi connectivity index (χ3v) is 0.667. The normalized spacial score (nSPS) is 6.73. The minimum atomic E-state index is -1.22. The van der Waals surface area contributed by atoms with Crippen LogP contribution in [0.2, 0.25) is 0 Å². The molecule has 0 aliphatic carbocycles. The molecule has 0 aromatic heterocycles. The second kappa shape index (κ2) is 31.9. The van der Waals surface area contributed by atoms with Crippen molar-refractivity contribution < 1.29 is 73.2 Å². The summed E-state index contributed by atoms with van der Waals surface area (Å²) >= 11 is 0. The minimum Gasteiger partial charge on any atom is -0.549 e. The van der Waals surface area contributed by atoms with Crippen molar-refractivity contribution in [2.24, 2.45) is 22.9 Å². The predicted molar refractivity (Wildman–Crippen MR) is 56.2 cm³/mol. The number of carbonyl (C=O) groups is 4. The van der Waals surface area contributed by atoms with Gasteiger partial charge in [0.2, 0.25) is 0 Å². The third-order valence-electron chi connectivity index (χ3n) is 0.667. The summed E-state index contributed by atoms with van der Waals surface area (Å²) in [5, 5.41) is 36.5. The fourth-order valence-corrected chi connectivity index (χ4v) is 0.